The van der Waals surface area contributed by atoms with E-state index in [-0.39, 0.29) is 5.92 Å². The molecule has 0 N–H and O–H groups in total. The Morgan fingerprint density at radius 3 is 2.55 bits per heavy atom. The lowest BCUT2D eigenvalue weighted by Gasteiger charge is -2.38. The lowest BCUT2D eigenvalue weighted by atomic mass is 9.67. The standard InChI is InChI=1S/C18H22O4/c1-10(2)12-8-7-11(3)9-15(12)13-5-4-6-14-16(13)18(20)22-21-17(14)19/h4-6,10-12,15H,7-9H2,1-3H3. The lowest BCUT2D eigenvalue weighted by molar-refractivity contribution is 0.0215. The molecule has 1 aromatic heterocycles. The number of fused-ring (bicyclic) bond motifs is 1. The van der Waals surface area contributed by atoms with E-state index in [0.29, 0.717) is 28.5 Å². The molecular weight excluding hydrogens is 280 g/mol. The van der Waals surface area contributed by atoms with Gasteiger partial charge in [-0.05, 0) is 48.1 Å². The van der Waals surface area contributed by atoms with Crippen molar-refractivity contribution in [2.45, 2.75) is 46.0 Å². The van der Waals surface area contributed by atoms with Crippen molar-refractivity contribution < 1.29 is 9.15 Å². The molecule has 0 aliphatic heterocycles. The first-order chi connectivity index (χ1) is 10.5. The van der Waals surface area contributed by atoms with Crippen LogP contribution in [0.4, 0.5) is 0 Å². The Bertz CT molecular complexity index is 784. The molecule has 3 atom stereocenters. The first-order valence-corrected chi connectivity index (χ1v) is 8.05. The molecule has 4 nitrogen and oxygen atoms in total. The zero-order chi connectivity index (χ0) is 15.9. The van der Waals surface area contributed by atoms with Crippen LogP contribution in [-0.4, -0.2) is 0 Å². The summed E-state index contributed by atoms with van der Waals surface area (Å²) in [7, 11) is 0. The van der Waals surface area contributed by atoms with Crippen molar-refractivity contribution in [3.63, 3.8) is 0 Å². The van der Waals surface area contributed by atoms with Gasteiger partial charge in [-0.3, -0.25) is 0 Å². The van der Waals surface area contributed by atoms with Gasteiger partial charge in [0.1, 0.15) is 0 Å². The van der Waals surface area contributed by atoms with Gasteiger partial charge >= 0.3 is 11.3 Å². The molecule has 1 fully saturated rings. The van der Waals surface area contributed by atoms with E-state index in [1.807, 2.05) is 12.1 Å². The van der Waals surface area contributed by atoms with Crippen LogP contribution in [0.5, 0.6) is 0 Å². The van der Waals surface area contributed by atoms with Crippen LogP contribution in [0.15, 0.2) is 36.9 Å². The summed E-state index contributed by atoms with van der Waals surface area (Å²) >= 11 is 0. The van der Waals surface area contributed by atoms with Gasteiger partial charge in [0.2, 0.25) is 0 Å². The van der Waals surface area contributed by atoms with Gasteiger partial charge in [0, 0.05) is 0 Å². The fraction of sp³-hybridized carbons (Fsp3) is 0.556. The van der Waals surface area contributed by atoms with Gasteiger partial charge in [-0.2, -0.15) is 0 Å². The maximum absolute atomic E-state index is 12.2. The van der Waals surface area contributed by atoms with Crippen molar-refractivity contribution in [2.75, 3.05) is 0 Å². The molecule has 1 aliphatic rings. The highest BCUT2D eigenvalue weighted by atomic mass is 17.0. The van der Waals surface area contributed by atoms with Crippen LogP contribution in [0.25, 0.3) is 10.8 Å². The molecule has 3 unspecified atom stereocenters. The van der Waals surface area contributed by atoms with E-state index in [1.54, 1.807) is 6.07 Å². The summed E-state index contributed by atoms with van der Waals surface area (Å²) in [5.41, 5.74) is -0.184. The third-order valence-electron chi connectivity index (χ3n) is 5.14. The minimum Gasteiger partial charge on any atom is -0.241 e. The van der Waals surface area contributed by atoms with Crippen molar-refractivity contribution in [3.05, 3.63) is 44.6 Å². The Labute approximate surface area is 129 Å². The van der Waals surface area contributed by atoms with Crippen molar-refractivity contribution in [3.8, 4) is 0 Å². The largest absolute Gasteiger partial charge is 0.387 e. The molecular formula is C18H22O4. The highest BCUT2D eigenvalue weighted by Gasteiger charge is 2.33. The summed E-state index contributed by atoms with van der Waals surface area (Å²) in [4.78, 5) is 24.0. The molecule has 22 heavy (non-hydrogen) atoms. The predicted molar refractivity (Wildman–Crippen MR) is 85.1 cm³/mol. The van der Waals surface area contributed by atoms with Crippen molar-refractivity contribution in [2.24, 2.45) is 17.8 Å². The molecule has 1 aromatic carbocycles. The van der Waals surface area contributed by atoms with Gasteiger partial charge in [0.25, 0.3) is 0 Å². The highest BCUT2D eigenvalue weighted by molar-refractivity contribution is 5.83. The van der Waals surface area contributed by atoms with Crippen molar-refractivity contribution >= 4 is 10.8 Å². The van der Waals surface area contributed by atoms with Crippen LogP contribution in [0.3, 0.4) is 0 Å². The second-order valence-corrected chi connectivity index (χ2v) is 6.94. The third kappa shape index (κ3) is 2.51. The molecule has 1 saturated carbocycles. The van der Waals surface area contributed by atoms with Crippen LogP contribution in [-0.2, 0) is 0 Å². The van der Waals surface area contributed by atoms with E-state index < -0.39 is 11.3 Å². The van der Waals surface area contributed by atoms with Gasteiger partial charge in [-0.1, -0.05) is 39.3 Å². The van der Waals surface area contributed by atoms with Crippen molar-refractivity contribution in [1.82, 2.24) is 0 Å². The van der Waals surface area contributed by atoms with Crippen LogP contribution in [0, 0.1) is 17.8 Å². The van der Waals surface area contributed by atoms with E-state index in [1.165, 1.54) is 6.42 Å². The minimum atomic E-state index is -0.582. The van der Waals surface area contributed by atoms with E-state index in [0.717, 1.165) is 18.4 Å². The summed E-state index contributed by atoms with van der Waals surface area (Å²) in [5, 5.41) is 0.734. The summed E-state index contributed by atoms with van der Waals surface area (Å²) in [5.74, 6) is 1.98. The van der Waals surface area contributed by atoms with Crippen molar-refractivity contribution in [1.29, 1.82) is 0 Å². The normalized spacial score (nSPS) is 25.7. The summed E-state index contributed by atoms with van der Waals surface area (Å²) < 4.78 is 9.05. The smallest absolute Gasteiger partial charge is 0.241 e. The third-order valence-corrected chi connectivity index (χ3v) is 5.14. The second-order valence-electron chi connectivity index (χ2n) is 6.94. The molecule has 2 aromatic rings. The summed E-state index contributed by atoms with van der Waals surface area (Å²) in [6.07, 6.45) is 3.43. The Morgan fingerprint density at radius 1 is 1.09 bits per heavy atom. The van der Waals surface area contributed by atoms with Crippen LogP contribution >= 0.6 is 0 Å². The highest BCUT2D eigenvalue weighted by Crippen LogP contribution is 2.45. The van der Waals surface area contributed by atoms with Gasteiger partial charge in [0.15, 0.2) is 0 Å². The first kappa shape index (κ1) is 15.1. The average molecular weight is 302 g/mol. The second kappa shape index (κ2) is 5.75. The van der Waals surface area contributed by atoms with E-state index in [2.05, 4.69) is 29.9 Å². The number of hydrogen-bond donors (Lipinski definition) is 0. The first-order valence-electron chi connectivity index (χ1n) is 8.05. The van der Waals surface area contributed by atoms with E-state index in [9.17, 15) is 9.59 Å². The predicted octanol–water partition coefficient (Wildman–Crippen LogP) is 3.92. The lowest BCUT2D eigenvalue weighted by Crippen LogP contribution is -2.27. The fourth-order valence-corrected chi connectivity index (χ4v) is 4.00. The SMILES string of the molecule is CC1CCC(C(C)C)C(c2cccc3c(=O)ooc(=O)c23)C1. The molecule has 0 radical (unpaired) electrons. The maximum Gasteiger partial charge on any atom is 0.387 e. The fourth-order valence-electron chi connectivity index (χ4n) is 4.00. The maximum atomic E-state index is 12.2. The Kier molecular flexibility index (Phi) is 3.94. The zero-order valence-corrected chi connectivity index (χ0v) is 13.3. The van der Waals surface area contributed by atoms with E-state index in [4.69, 9.17) is 0 Å². The minimum absolute atomic E-state index is 0.289. The van der Waals surface area contributed by atoms with Crippen LogP contribution < -0.4 is 11.3 Å². The average Bonchev–Trinajstić information content (AvgIpc) is 2.50. The molecule has 0 bridgehead atoms. The molecule has 118 valence electrons. The quantitative estimate of drug-likeness (QED) is 0.789. The summed E-state index contributed by atoms with van der Waals surface area (Å²) in [6, 6.07) is 5.44. The number of rotatable bonds is 2. The number of hydrogen-bond acceptors (Lipinski definition) is 4. The molecule has 0 saturated heterocycles. The molecule has 1 aliphatic carbocycles. The van der Waals surface area contributed by atoms with Crippen LogP contribution in [0.1, 0.15) is 51.5 Å². The zero-order valence-electron chi connectivity index (χ0n) is 13.3. The van der Waals surface area contributed by atoms with Crippen LogP contribution in [0.2, 0.25) is 0 Å². The Balaban J connectivity index is 2.22. The summed E-state index contributed by atoms with van der Waals surface area (Å²) in [6.45, 7) is 6.72. The molecule has 4 heteroatoms. The molecule has 0 amide bonds. The molecule has 1 heterocycles. The molecule has 3 rings (SSSR count). The van der Waals surface area contributed by atoms with Gasteiger partial charge < -0.3 is 0 Å². The topological polar surface area (TPSA) is 60.4 Å². The van der Waals surface area contributed by atoms with Gasteiger partial charge in [-0.15, -0.1) is 0 Å². The Hall–Kier alpha value is -1.84. The Morgan fingerprint density at radius 2 is 1.82 bits per heavy atom. The number of benzene rings is 1. The van der Waals surface area contributed by atoms with E-state index >= 15 is 0 Å². The van der Waals surface area contributed by atoms with Gasteiger partial charge in [-0.25, -0.2) is 18.7 Å². The van der Waals surface area contributed by atoms with Gasteiger partial charge in [0.05, 0.1) is 10.8 Å². The molecule has 0 spiro atoms. The monoisotopic (exact) mass is 302 g/mol.